The first-order chi connectivity index (χ1) is 14.0. The van der Waals surface area contributed by atoms with E-state index in [1.165, 1.54) is 82.6 Å². The van der Waals surface area contributed by atoms with Crippen molar-refractivity contribution in [3.63, 3.8) is 0 Å². The van der Waals surface area contributed by atoms with E-state index in [2.05, 4.69) is 64.1 Å². The van der Waals surface area contributed by atoms with Crippen molar-refractivity contribution in [1.82, 2.24) is 14.5 Å². The summed E-state index contributed by atoms with van der Waals surface area (Å²) < 4.78 is 2.57. The molecule has 1 atom stereocenters. The molecule has 0 amide bonds. The monoisotopic (exact) mass is 413 g/mol. The van der Waals surface area contributed by atoms with Gasteiger partial charge in [0.1, 0.15) is 5.82 Å². The third-order valence-electron chi connectivity index (χ3n) is 7.97. The second-order valence-electron chi connectivity index (χ2n) is 13.4. The molecular weight excluding hydrogens is 366 g/mol. The van der Waals surface area contributed by atoms with Crippen molar-refractivity contribution in [2.75, 3.05) is 19.6 Å². The number of rotatable bonds is 8. The highest BCUT2D eigenvalue weighted by molar-refractivity contribution is 5.22. The zero-order valence-corrected chi connectivity index (χ0v) is 21.0. The molecule has 3 nitrogen and oxygen atoms in total. The summed E-state index contributed by atoms with van der Waals surface area (Å²) in [5.41, 5.74) is 3.03. The Hall–Kier alpha value is -0.830. The molecule has 4 rings (SSSR count). The number of nitrogens with zero attached hydrogens (tertiary/aromatic N) is 3. The van der Waals surface area contributed by atoms with Crippen molar-refractivity contribution >= 4 is 0 Å². The van der Waals surface area contributed by atoms with Gasteiger partial charge in [0.15, 0.2) is 0 Å². The second kappa shape index (κ2) is 7.64. The summed E-state index contributed by atoms with van der Waals surface area (Å²) >= 11 is 0. The van der Waals surface area contributed by atoms with Gasteiger partial charge in [-0.25, -0.2) is 4.98 Å². The molecule has 0 N–H and O–H groups in total. The lowest BCUT2D eigenvalue weighted by atomic mass is 9.69. The average Bonchev–Trinajstić information content (AvgIpc) is 3.41. The normalized spacial score (nSPS) is 24.2. The quantitative estimate of drug-likeness (QED) is 0.474. The SMILES string of the molecule is CCc1nc(C(C(C)(C)C)C2(CN3CCCC3)CC2)cn1CC1(CC(C)(C)C)CC1. The van der Waals surface area contributed by atoms with Gasteiger partial charge in [-0.3, -0.25) is 0 Å². The standard InChI is InChI=1S/C27H47N3/c1-8-22-28-21(17-30(22)19-26(11-12-26)18-24(2,3)4)23(25(5,6)7)27(13-14-27)20-29-15-9-10-16-29/h17,23H,8-16,18-20H2,1-7H3. The molecule has 1 saturated heterocycles. The Morgan fingerprint density at radius 3 is 2.07 bits per heavy atom. The molecular formula is C27H47N3. The fraction of sp³-hybridized carbons (Fsp3) is 0.889. The van der Waals surface area contributed by atoms with E-state index in [4.69, 9.17) is 4.98 Å². The van der Waals surface area contributed by atoms with Crippen LogP contribution in [0.2, 0.25) is 0 Å². The van der Waals surface area contributed by atoms with E-state index in [9.17, 15) is 0 Å². The van der Waals surface area contributed by atoms with E-state index in [0.717, 1.165) is 6.42 Å². The van der Waals surface area contributed by atoms with Crippen LogP contribution in [0.5, 0.6) is 0 Å². The highest BCUT2D eigenvalue weighted by atomic mass is 15.2. The van der Waals surface area contributed by atoms with Gasteiger partial charge in [0.25, 0.3) is 0 Å². The van der Waals surface area contributed by atoms with Gasteiger partial charge in [-0.1, -0.05) is 48.5 Å². The van der Waals surface area contributed by atoms with Crippen LogP contribution in [0.4, 0.5) is 0 Å². The van der Waals surface area contributed by atoms with E-state index in [-0.39, 0.29) is 5.41 Å². The lowest BCUT2D eigenvalue weighted by molar-refractivity contribution is 0.159. The lowest BCUT2D eigenvalue weighted by Crippen LogP contribution is -2.36. The molecule has 2 aliphatic carbocycles. The van der Waals surface area contributed by atoms with Gasteiger partial charge < -0.3 is 9.47 Å². The van der Waals surface area contributed by atoms with Crippen molar-refractivity contribution < 1.29 is 0 Å². The van der Waals surface area contributed by atoms with Crippen molar-refractivity contribution in [3.8, 4) is 0 Å². The van der Waals surface area contributed by atoms with Crippen LogP contribution in [0.3, 0.4) is 0 Å². The van der Waals surface area contributed by atoms with E-state index in [0.29, 0.717) is 22.2 Å². The van der Waals surface area contributed by atoms with Gasteiger partial charge in [0.05, 0.1) is 5.69 Å². The molecule has 30 heavy (non-hydrogen) atoms. The first-order valence-electron chi connectivity index (χ1n) is 12.7. The van der Waals surface area contributed by atoms with E-state index in [1.807, 2.05) is 0 Å². The average molecular weight is 414 g/mol. The molecule has 0 aromatic carbocycles. The minimum absolute atomic E-state index is 0.253. The Morgan fingerprint density at radius 2 is 1.60 bits per heavy atom. The highest BCUT2D eigenvalue weighted by Gasteiger charge is 2.55. The molecule has 0 radical (unpaired) electrons. The summed E-state index contributed by atoms with van der Waals surface area (Å²) in [6.07, 6.45) is 13.2. The number of hydrogen-bond acceptors (Lipinski definition) is 2. The second-order valence-corrected chi connectivity index (χ2v) is 13.4. The zero-order valence-electron chi connectivity index (χ0n) is 21.0. The molecule has 3 fully saturated rings. The third-order valence-corrected chi connectivity index (χ3v) is 7.97. The molecule has 1 aliphatic heterocycles. The lowest BCUT2D eigenvalue weighted by Gasteiger charge is -2.38. The minimum atomic E-state index is 0.253. The predicted octanol–water partition coefficient (Wildman–Crippen LogP) is 6.67. The maximum Gasteiger partial charge on any atom is 0.108 e. The van der Waals surface area contributed by atoms with Crippen LogP contribution in [0, 0.1) is 21.7 Å². The molecule has 2 saturated carbocycles. The summed E-state index contributed by atoms with van der Waals surface area (Å²) in [6, 6.07) is 0. The minimum Gasteiger partial charge on any atom is -0.334 e. The fourth-order valence-corrected chi connectivity index (χ4v) is 6.85. The van der Waals surface area contributed by atoms with Crippen LogP contribution < -0.4 is 0 Å². The molecule has 1 unspecified atom stereocenters. The Labute approximate surface area is 186 Å². The zero-order chi connectivity index (χ0) is 21.8. The van der Waals surface area contributed by atoms with Crippen LogP contribution in [0.15, 0.2) is 6.20 Å². The van der Waals surface area contributed by atoms with E-state index in [1.54, 1.807) is 0 Å². The van der Waals surface area contributed by atoms with Gasteiger partial charge >= 0.3 is 0 Å². The van der Waals surface area contributed by atoms with Crippen molar-refractivity contribution in [3.05, 3.63) is 17.7 Å². The number of aryl methyl sites for hydroxylation is 1. The summed E-state index contributed by atoms with van der Waals surface area (Å²) in [6.45, 7) is 21.9. The first-order valence-corrected chi connectivity index (χ1v) is 12.7. The summed E-state index contributed by atoms with van der Waals surface area (Å²) in [5.74, 6) is 1.88. The van der Waals surface area contributed by atoms with E-state index >= 15 is 0 Å². The largest absolute Gasteiger partial charge is 0.334 e. The molecule has 1 aromatic rings. The van der Waals surface area contributed by atoms with Gasteiger partial charge in [-0.2, -0.15) is 0 Å². The maximum absolute atomic E-state index is 5.33. The summed E-state index contributed by atoms with van der Waals surface area (Å²) in [4.78, 5) is 8.07. The Balaban J connectivity index is 1.59. The first kappa shape index (κ1) is 22.4. The van der Waals surface area contributed by atoms with Gasteiger partial charge in [0, 0.05) is 31.6 Å². The smallest absolute Gasteiger partial charge is 0.108 e. The van der Waals surface area contributed by atoms with E-state index < -0.39 is 0 Å². The summed E-state index contributed by atoms with van der Waals surface area (Å²) in [5, 5.41) is 0. The van der Waals surface area contributed by atoms with Crippen LogP contribution in [-0.4, -0.2) is 34.1 Å². The Bertz CT molecular complexity index is 731. The molecule has 1 aromatic heterocycles. The molecule has 0 bridgehead atoms. The number of hydrogen-bond donors (Lipinski definition) is 0. The Morgan fingerprint density at radius 1 is 0.967 bits per heavy atom. The maximum atomic E-state index is 5.33. The molecule has 0 spiro atoms. The van der Waals surface area contributed by atoms with Crippen molar-refractivity contribution in [1.29, 1.82) is 0 Å². The van der Waals surface area contributed by atoms with Crippen LogP contribution in [0.1, 0.15) is 111 Å². The van der Waals surface area contributed by atoms with Gasteiger partial charge in [-0.15, -0.1) is 0 Å². The van der Waals surface area contributed by atoms with Crippen LogP contribution in [0.25, 0.3) is 0 Å². The molecule has 3 aliphatic rings. The fourth-order valence-electron chi connectivity index (χ4n) is 6.85. The molecule has 2 heterocycles. The topological polar surface area (TPSA) is 21.1 Å². The molecule has 170 valence electrons. The Kier molecular flexibility index (Phi) is 5.70. The predicted molar refractivity (Wildman–Crippen MR) is 127 cm³/mol. The van der Waals surface area contributed by atoms with Crippen molar-refractivity contribution in [2.24, 2.45) is 21.7 Å². The number of likely N-dealkylation sites (tertiary alicyclic amines) is 1. The van der Waals surface area contributed by atoms with Crippen LogP contribution >= 0.6 is 0 Å². The van der Waals surface area contributed by atoms with Crippen LogP contribution in [-0.2, 0) is 13.0 Å². The number of imidazole rings is 1. The van der Waals surface area contributed by atoms with Gasteiger partial charge in [-0.05, 0) is 79.7 Å². The third kappa shape index (κ3) is 4.81. The number of aromatic nitrogens is 2. The van der Waals surface area contributed by atoms with Gasteiger partial charge in [0.2, 0.25) is 0 Å². The summed E-state index contributed by atoms with van der Waals surface area (Å²) in [7, 11) is 0. The molecule has 3 heteroatoms. The highest BCUT2D eigenvalue weighted by Crippen LogP contribution is 2.62. The van der Waals surface area contributed by atoms with Crippen molar-refractivity contribution in [2.45, 2.75) is 112 Å².